The van der Waals surface area contributed by atoms with E-state index in [-0.39, 0.29) is 5.91 Å². The van der Waals surface area contributed by atoms with E-state index in [1.165, 1.54) is 24.0 Å². The van der Waals surface area contributed by atoms with Crippen LogP contribution in [-0.2, 0) is 0 Å². The summed E-state index contributed by atoms with van der Waals surface area (Å²) in [7, 11) is 0. The molecular formula is C15H19NO. The van der Waals surface area contributed by atoms with Crippen molar-refractivity contribution in [1.82, 2.24) is 5.32 Å². The highest BCUT2D eigenvalue weighted by Crippen LogP contribution is 2.16. The van der Waals surface area contributed by atoms with Gasteiger partial charge in [0.15, 0.2) is 0 Å². The molecule has 1 aliphatic rings. The second kappa shape index (κ2) is 5.67. The molecule has 0 heterocycles. The van der Waals surface area contributed by atoms with Crippen LogP contribution < -0.4 is 5.32 Å². The summed E-state index contributed by atoms with van der Waals surface area (Å²) in [6, 6.07) is 7.68. The molecule has 0 bridgehead atoms. The molecule has 0 unspecified atom stereocenters. The van der Waals surface area contributed by atoms with Gasteiger partial charge in [-0.25, -0.2) is 0 Å². The van der Waals surface area contributed by atoms with Gasteiger partial charge >= 0.3 is 0 Å². The summed E-state index contributed by atoms with van der Waals surface area (Å²) in [4.78, 5) is 11.9. The zero-order valence-corrected chi connectivity index (χ0v) is 10.3. The molecule has 0 atom stereocenters. The first kappa shape index (κ1) is 11.9. The van der Waals surface area contributed by atoms with Gasteiger partial charge in [0, 0.05) is 12.1 Å². The second-order valence-corrected chi connectivity index (χ2v) is 4.66. The zero-order valence-electron chi connectivity index (χ0n) is 10.3. The predicted molar refractivity (Wildman–Crippen MR) is 70.1 cm³/mol. The lowest BCUT2D eigenvalue weighted by molar-refractivity contribution is 0.0956. The van der Waals surface area contributed by atoms with Gasteiger partial charge in [-0.15, -0.1) is 0 Å². The fourth-order valence-electron chi connectivity index (χ4n) is 2.07. The average molecular weight is 229 g/mol. The fraction of sp³-hybridized carbons (Fsp3) is 0.400. The maximum Gasteiger partial charge on any atom is 0.251 e. The smallest absolute Gasteiger partial charge is 0.251 e. The predicted octanol–water partition coefficient (Wildman–Crippen LogP) is 3.23. The van der Waals surface area contributed by atoms with Gasteiger partial charge in [0.2, 0.25) is 0 Å². The van der Waals surface area contributed by atoms with Crippen LogP contribution in [0, 0.1) is 6.92 Å². The van der Waals surface area contributed by atoms with Gasteiger partial charge < -0.3 is 5.32 Å². The molecule has 0 aliphatic heterocycles. The lowest BCUT2D eigenvalue weighted by Crippen LogP contribution is -2.26. The minimum absolute atomic E-state index is 0.0245. The summed E-state index contributed by atoms with van der Waals surface area (Å²) in [5, 5.41) is 2.98. The number of aryl methyl sites for hydroxylation is 1. The third-order valence-corrected chi connectivity index (χ3v) is 3.17. The Kier molecular flexibility index (Phi) is 3.97. The molecule has 1 aromatic carbocycles. The van der Waals surface area contributed by atoms with Gasteiger partial charge in [0.25, 0.3) is 5.91 Å². The normalized spacial score (nSPS) is 15.2. The highest BCUT2D eigenvalue weighted by Gasteiger charge is 2.07. The summed E-state index contributed by atoms with van der Waals surface area (Å²) < 4.78 is 0. The fourth-order valence-corrected chi connectivity index (χ4v) is 2.07. The second-order valence-electron chi connectivity index (χ2n) is 4.66. The molecule has 1 amide bonds. The van der Waals surface area contributed by atoms with E-state index in [4.69, 9.17) is 0 Å². The van der Waals surface area contributed by atoms with E-state index in [9.17, 15) is 4.79 Å². The number of rotatable bonds is 3. The number of carbonyl (C=O) groups excluding carboxylic acids is 1. The monoisotopic (exact) mass is 229 g/mol. The summed E-state index contributed by atoms with van der Waals surface area (Å²) in [5.74, 6) is 0.0245. The van der Waals surface area contributed by atoms with Crippen LogP contribution in [0.5, 0.6) is 0 Å². The molecule has 2 heteroatoms. The summed E-state index contributed by atoms with van der Waals surface area (Å²) >= 11 is 0. The molecule has 0 spiro atoms. The van der Waals surface area contributed by atoms with E-state index >= 15 is 0 Å². The Morgan fingerprint density at radius 1 is 1.24 bits per heavy atom. The van der Waals surface area contributed by atoms with Crippen molar-refractivity contribution in [1.29, 1.82) is 0 Å². The lowest BCUT2D eigenvalue weighted by Gasteiger charge is -2.13. The van der Waals surface area contributed by atoms with Gasteiger partial charge in [-0.3, -0.25) is 4.79 Å². The summed E-state index contributed by atoms with van der Waals surface area (Å²) in [6.07, 6.45) is 7.10. The number of amides is 1. The van der Waals surface area contributed by atoms with E-state index < -0.39 is 0 Å². The highest BCUT2D eigenvalue weighted by molar-refractivity contribution is 5.94. The van der Waals surface area contributed by atoms with E-state index in [0.717, 1.165) is 18.4 Å². The van der Waals surface area contributed by atoms with Gasteiger partial charge in [0.1, 0.15) is 0 Å². The summed E-state index contributed by atoms with van der Waals surface area (Å²) in [6.45, 7) is 2.72. The van der Waals surface area contributed by atoms with Crippen molar-refractivity contribution in [3.8, 4) is 0 Å². The molecule has 1 N–H and O–H groups in total. The molecule has 0 saturated heterocycles. The van der Waals surface area contributed by atoms with Crippen molar-refractivity contribution in [2.24, 2.45) is 0 Å². The van der Waals surface area contributed by atoms with Gasteiger partial charge in [-0.2, -0.15) is 0 Å². The van der Waals surface area contributed by atoms with Crippen LogP contribution in [0.2, 0.25) is 0 Å². The molecule has 0 radical (unpaired) electrons. The SMILES string of the molecule is Cc1ccc(C(=O)NCC2=CCCCC2)cc1. The van der Waals surface area contributed by atoms with Crippen LogP contribution in [0.4, 0.5) is 0 Å². The lowest BCUT2D eigenvalue weighted by atomic mass is 9.99. The highest BCUT2D eigenvalue weighted by atomic mass is 16.1. The van der Waals surface area contributed by atoms with Gasteiger partial charge in [0.05, 0.1) is 0 Å². The average Bonchev–Trinajstić information content (AvgIpc) is 2.38. The van der Waals surface area contributed by atoms with Crippen molar-refractivity contribution < 1.29 is 4.79 Å². The third kappa shape index (κ3) is 3.45. The van der Waals surface area contributed by atoms with Gasteiger partial charge in [-0.1, -0.05) is 29.3 Å². The molecule has 0 fully saturated rings. The first-order valence-electron chi connectivity index (χ1n) is 6.28. The van der Waals surface area contributed by atoms with Crippen LogP contribution in [0.3, 0.4) is 0 Å². The van der Waals surface area contributed by atoms with Crippen LogP contribution in [0.25, 0.3) is 0 Å². The molecule has 2 nitrogen and oxygen atoms in total. The summed E-state index contributed by atoms with van der Waals surface area (Å²) in [5.41, 5.74) is 3.29. The quantitative estimate of drug-likeness (QED) is 0.792. The Labute approximate surface area is 103 Å². The van der Waals surface area contributed by atoms with Crippen LogP contribution in [-0.4, -0.2) is 12.5 Å². The Bertz CT molecular complexity index is 417. The number of hydrogen-bond donors (Lipinski definition) is 1. The number of benzene rings is 1. The third-order valence-electron chi connectivity index (χ3n) is 3.17. The molecule has 2 rings (SSSR count). The Hall–Kier alpha value is -1.57. The number of carbonyl (C=O) groups is 1. The largest absolute Gasteiger partial charge is 0.348 e. The first-order chi connectivity index (χ1) is 8.25. The molecule has 90 valence electrons. The van der Waals surface area contributed by atoms with Crippen LogP contribution >= 0.6 is 0 Å². The van der Waals surface area contributed by atoms with Crippen molar-refractivity contribution >= 4 is 5.91 Å². The van der Waals surface area contributed by atoms with Crippen LogP contribution in [0.15, 0.2) is 35.9 Å². The standard InChI is InChI=1S/C15H19NO/c1-12-7-9-14(10-8-12)15(17)16-11-13-5-3-2-4-6-13/h5,7-10H,2-4,6,11H2,1H3,(H,16,17). The Morgan fingerprint density at radius 2 is 2.00 bits per heavy atom. The van der Waals surface area contributed by atoms with Crippen molar-refractivity contribution in [2.75, 3.05) is 6.54 Å². The molecular weight excluding hydrogens is 210 g/mol. The first-order valence-corrected chi connectivity index (χ1v) is 6.28. The number of hydrogen-bond acceptors (Lipinski definition) is 1. The molecule has 1 aliphatic carbocycles. The topological polar surface area (TPSA) is 29.1 Å². The van der Waals surface area contributed by atoms with E-state index in [1.54, 1.807) is 0 Å². The number of allylic oxidation sites excluding steroid dienone is 1. The van der Waals surface area contributed by atoms with Crippen molar-refractivity contribution in [2.45, 2.75) is 32.6 Å². The van der Waals surface area contributed by atoms with Gasteiger partial charge in [-0.05, 0) is 44.7 Å². The molecule has 0 aromatic heterocycles. The Balaban J connectivity index is 1.88. The molecule has 0 saturated carbocycles. The van der Waals surface area contributed by atoms with Crippen molar-refractivity contribution in [3.63, 3.8) is 0 Å². The van der Waals surface area contributed by atoms with E-state index in [2.05, 4.69) is 11.4 Å². The Morgan fingerprint density at radius 3 is 2.65 bits per heavy atom. The maximum absolute atomic E-state index is 11.9. The molecule has 1 aromatic rings. The minimum atomic E-state index is 0.0245. The molecule has 17 heavy (non-hydrogen) atoms. The zero-order chi connectivity index (χ0) is 12.1. The van der Waals surface area contributed by atoms with Crippen molar-refractivity contribution in [3.05, 3.63) is 47.0 Å². The number of nitrogens with one attached hydrogen (secondary N) is 1. The van der Waals surface area contributed by atoms with Crippen LogP contribution in [0.1, 0.15) is 41.6 Å². The van der Waals surface area contributed by atoms with E-state index in [0.29, 0.717) is 6.54 Å². The maximum atomic E-state index is 11.9. The minimum Gasteiger partial charge on any atom is -0.348 e. The van der Waals surface area contributed by atoms with E-state index in [1.807, 2.05) is 31.2 Å².